The zero-order valence-electron chi connectivity index (χ0n) is 15.9. The molecule has 4 heteroatoms. The average molecular weight is 344 g/mol. The molecule has 2 amide bonds. The van der Waals surface area contributed by atoms with Gasteiger partial charge in [-0.3, -0.25) is 9.59 Å². The van der Waals surface area contributed by atoms with E-state index < -0.39 is 6.04 Å². The molecule has 0 heterocycles. The van der Waals surface area contributed by atoms with Crippen molar-refractivity contribution in [2.75, 3.05) is 0 Å². The van der Waals surface area contributed by atoms with E-state index in [1.165, 1.54) is 24.8 Å². The molecular formula is C21H32N2O2. The van der Waals surface area contributed by atoms with Crippen molar-refractivity contribution in [1.82, 2.24) is 10.2 Å². The van der Waals surface area contributed by atoms with Gasteiger partial charge in [0.15, 0.2) is 0 Å². The van der Waals surface area contributed by atoms with Crippen LogP contribution in [0, 0.1) is 6.92 Å². The number of nitrogens with one attached hydrogen (secondary N) is 1. The highest BCUT2D eigenvalue weighted by molar-refractivity contribution is 5.87. The monoisotopic (exact) mass is 344 g/mol. The number of rotatable bonds is 7. The lowest BCUT2D eigenvalue weighted by Gasteiger charge is -2.31. The molecule has 0 aromatic heterocycles. The lowest BCUT2D eigenvalue weighted by atomic mass is 9.95. The van der Waals surface area contributed by atoms with Crippen LogP contribution in [0.5, 0.6) is 0 Å². The Hall–Kier alpha value is -1.84. The number of amides is 2. The summed E-state index contributed by atoms with van der Waals surface area (Å²) >= 11 is 0. The largest absolute Gasteiger partial charge is 0.352 e. The predicted molar refractivity (Wildman–Crippen MR) is 101 cm³/mol. The van der Waals surface area contributed by atoms with Crippen molar-refractivity contribution in [1.29, 1.82) is 0 Å². The molecule has 0 saturated heterocycles. The Labute approximate surface area is 152 Å². The van der Waals surface area contributed by atoms with E-state index in [0.717, 1.165) is 24.8 Å². The van der Waals surface area contributed by atoms with E-state index in [-0.39, 0.29) is 17.9 Å². The number of nitrogens with zero attached hydrogens (tertiary/aromatic N) is 1. The lowest BCUT2D eigenvalue weighted by Crippen LogP contribution is -2.50. The molecule has 1 saturated carbocycles. The molecule has 1 N–H and O–H groups in total. The fraction of sp³-hybridized carbons (Fsp3) is 0.619. The zero-order valence-corrected chi connectivity index (χ0v) is 15.9. The Morgan fingerprint density at radius 1 is 1.24 bits per heavy atom. The Morgan fingerprint density at radius 2 is 1.96 bits per heavy atom. The molecule has 1 fully saturated rings. The molecule has 0 radical (unpaired) electrons. The van der Waals surface area contributed by atoms with E-state index in [1.54, 1.807) is 4.90 Å². The van der Waals surface area contributed by atoms with Crippen molar-refractivity contribution in [3.05, 3.63) is 35.4 Å². The summed E-state index contributed by atoms with van der Waals surface area (Å²) in [6.45, 7) is 6.37. The minimum Gasteiger partial charge on any atom is -0.352 e. The summed E-state index contributed by atoms with van der Waals surface area (Å²) < 4.78 is 0. The van der Waals surface area contributed by atoms with Gasteiger partial charge in [-0.25, -0.2) is 0 Å². The number of carbonyl (C=O) groups excluding carboxylic acids is 2. The van der Waals surface area contributed by atoms with Crippen LogP contribution in [0.15, 0.2) is 24.3 Å². The molecule has 0 bridgehead atoms. The standard InChI is InChI=1S/C21H32N2O2/c1-4-9-20(24)23(15-18-11-8-10-16(2)14-18)17(3)21(25)22-19-12-6-5-7-13-19/h8,10-11,14,17,19H,4-7,9,12-13,15H2,1-3H3,(H,22,25). The van der Waals surface area contributed by atoms with Gasteiger partial charge in [-0.15, -0.1) is 0 Å². The second kappa shape index (κ2) is 9.59. The third-order valence-corrected chi connectivity index (χ3v) is 5.02. The minimum atomic E-state index is -0.443. The summed E-state index contributed by atoms with van der Waals surface area (Å²) in [7, 11) is 0. The smallest absolute Gasteiger partial charge is 0.242 e. The molecule has 1 atom stereocenters. The van der Waals surface area contributed by atoms with Crippen molar-refractivity contribution in [2.45, 2.75) is 84.3 Å². The Bertz CT molecular complexity index is 579. The normalized spacial score (nSPS) is 16.3. The van der Waals surface area contributed by atoms with E-state index in [1.807, 2.05) is 39.0 Å². The van der Waals surface area contributed by atoms with Crippen LogP contribution in [-0.4, -0.2) is 28.8 Å². The maximum absolute atomic E-state index is 12.7. The highest BCUT2D eigenvalue weighted by Crippen LogP contribution is 2.18. The number of benzene rings is 1. The van der Waals surface area contributed by atoms with Crippen LogP contribution in [0.25, 0.3) is 0 Å². The molecule has 1 aromatic carbocycles. The summed E-state index contributed by atoms with van der Waals surface area (Å²) in [6, 6.07) is 7.97. The van der Waals surface area contributed by atoms with Crippen LogP contribution < -0.4 is 5.32 Å². The van der Waals surface area contributed by atoms with Crippen molar-refractivity contribution >= 4 is 11.8 Å². The molecule has 25 heavy (non-hydrogen) atoms. The number of aryl methyl sites for hydroxylation is 1. The van der Waals surface area contributed by atoms with Crippen molar-refractivity contribution in [2.24, 2.45) is 0 Å². The molecule has 1 aliphatic carbocycles. The fourth-order valence-electron chi connectivity index (χ4n) is 3.52. The van der Waals surface area contributed by atoms with E-state index in [2.05, 4.69) is 11.4 Å². The first-order valence-electron chi connectivity index (χ1n) is 9.66. The summed E-state index contributed by atoms with van der Waals surface area (Å²) in [6.07, 6.45) is 7.00. The second-order valence-electron chi connectivity index (χ2n) is 7.28. The minimum absolute atomic E-state index is 0.0241. The van der Waals surface area contributed by atoms with Gasteiger partial charge in [-0.1, -0.05) is 56.0 Å². The third kappa shape index (κ3) is 5.87. The molecule has 138 valence electrons. The average Bonchev–Trinajstić information content (AvgIpc) is 2.60. The first kappa shape index (κ1) is 19.5. The zero-order chi connectivity index (χ0) is 18.2. The summed E-state index contributed by atoms with van der Waals surface area (Å²) in [4.78, 5) is 27.1. The molecule has 2 rings (SSSR count). The van der Waals surface area contributed by atoms with Gasteiger partial charge in [0.1, 0.15) is 6.04 Å². The Balaban J connectivity index is 2.07. The van der Waals surface area contributed by atoms with E-state index in [4.69, 9.17) is 0 Å². The van der Waals surface area contributed by atoms with Crippen molar-refractivity contribution < 1.29 is 9.59 Å². The van der Waals surface area contributed by atoms with Crippen LogP contribution in [0.3, 0.4) is 0 Å². The number of hydrogen-bond acceptors (Lipinski definition) is 2. The lowest BCUT2D eigenvalue weighted by molar-refractivity contribution is -0.141. The van der Waals surface area contributed by atoms with E-state index >= 15 is 0 Å². The molecule has 1 unspecified atom stereocenters. The molecule has 1 aliphatic rings. The predicted octanol–water partition coefficient (Wildman–Crippen LogP) is 3.96. The molecular weight excluding hydrogens is 312 g/mol. The second-order valence-corrected chi connectivity index (χ2v) is 7.28. The van der Waals surface area contributed by atoms with Gasteiger partial charge in [0.25, 0.3) is 0 Å². The van der Waals surface area contributed by atoms with Crippen molar-refractivity contribution in [3.63, 3.8) is 0 Å². The van der Waals surface area contributed by atoms with Crippen LogP contribution in [0.1, 0.15) is 69.9 Å². The number of hydrogen-bond donors (Lipinski definition) is 1. The fourth-order valence-corrected chi connectivity index (χ4v) is 3.52. The quantitative estimate of drug-likeness (QED) is 0.814. The SMILES string of the molecule is CCCC(=O)N(Cc1cccc(C)c1)C(C)C(=O)NC1CCCCC1. The maximum Gasteiger partial charge on any atom is 0.242 e. The van der Waals surface area contributed by atoms with Crippen LogP contribution >= 0.6 is 0 Å². The van der Waals surface area contributed by atoms with Gasteiger partial charge in [0.05, 0.1) is 0 Å². The van der Waals surface area contributed by atoms with Crippen LogP contribution in [0.2, 0.25) is 0 Å². The molecule has 0 spiro atoms. The van der Waals surface area contributed by atoms with Crippen LogP contribution in [-0.2, 0) is 16.1 Å². The Kier molecular flexibility index (Phi) is 7.48. The summed E-state index contributed by atoms with van der Waals surface area (Å²) in [5.41, 5.74) is 2.24. The summed E-state index contributed by atoms with van der Waals surface area (Å²) in [5, 5.41) is 3.16. The Morgan fingerprint density at radius 3 is 2.60 bits per heavy atom. The van der Waals surface area contributed by atoms with Crippen molar-refractivity contribution in [3.8, 4) is 0 Å². The van der Waals surface area contributed by atoms with Gasteiger partial charge in [0, 0.05) is 19.0 Å². The first-order valence-corrected chi connectivity index (χ1v) is 9.66. The topological polar surface area (TPSA) is 49.4 Å². The highest BCUT2D eigenvalue weighted by Gasteiger charge is 2.27. The number of carbonyl (C=O) groups is 2. The first-order chi connectivity index (χ1) is 12.0. The van der Waals surface area contributed by atoms with E-state index in [0.29, 0.717) is 13.0 Å². The summed E-state index contributed by atoms with van der Waals surface area (Å²) in [5.74, 6) is 0.0271. The molecule has 0 aliphatic heterocycles. The third-order valence-electron chi connectivity index (χ3n) is 5.02. The van der Waals surface area contributed by atoms with Gasteiger partial charge in [-0.05, 0) is 38.7 Å². The van der Waals surface area contributed by atoms with Gasteiger partial charge >= 0.3 is 0 Å². The van der Waals surface area contributed by atoms with Crippen LogP contribution in [0.4, 0.5) is 0 Å². The van der Waals surface area contributed by atoms with Gasteiger partial charge in [0.2, 0.25) is 11.8 Å². The van der Waals surface area contributed by atoms with Gasteiger partial charge < -0.3 is 10.2 Å². The molecule has 4 nitrogen and oxygen atoms in total. The van der Waals surface area contributed by atoms with Gasteiger partial charge in [-0.2, -0.15) is 0 Å². The van der Waals surface area contributed by atoms with E-state index in [9.17, 15) is 9.59 Å². The highest BCUT2D eigenvalue weighted by atomic mass is 16.2. The molecule has 1 aromatic rings. The maximum atomic E-state index is 12.7.